The minimum atomic E-state index is -0.612. The van der Waals surface area contributed by atoms with Crippen LogP contribution in [0.3, 0.4) is 0 Å². The van der Waals surface area contributed by atoms with Gasteiger partial charge in [0.05, 0.1) is 5.69 Å². The molecule has 2 rings (SSSR count). The molecule has 3 nitrogen and oxygen atoms in total. The first-order chi connectivity index (χ1) is 7.58. The summed E-state index contributed by atoms with van der Waals surface area (Å²) < 4.78 is 14.4. The van der Waals surface area contributed by atoms with Gasteiger partial charge in [0.1, 0.15) is 11.5 Å². The quantitative estimate of drug-likeness (QED) is 0.754. The molecule has 0 spiro atoms. The minimum Gasteiger partial charge on any atom is -0.274 e. The minimum absolute atomic E-state index is 0.172. The molecule has 0 aliphatic heterocycles. The summed E-state index contributed by atoms with van der Waals surface area (Å²) in [5.74, 6) is -0.304. The van der Waals surface area contributed by atoms with Crippen molar-refractivity contribution in [2.75, 3.05) is 0 Å². The van der Waals surface area contributed by atoms with Crippen LogP contribution in [0.4, 0.5) is 4.39 Å². The number of aryl methyl sites for hydroxylation is 1. The molecule has 0 aliphatic carbocycles. The molecule has 1 heterocycles. The normalized spacial score (nSPS) is 10.4. The molecule has 2 aromatic rings. The van der Waals surface area contributed by atoms with Crippen LogP contribution in [-0.4, -0.2) is 15.0 Å². The van der Waals surface area contributed by atoms with Gasteiger partial charge in [-0.2, -0.15) is 5.10 Å². The van der Waals surface area contributed by atoms with E-state index in [1.165, 1.54) is 22.9 Å². The van der Waals surface area contributed by atoms with Gasteiger partial charge in [0.25, 0.3) is 5.24 Å². The van der Waals surface area contributed by atoms with Gasteiger partial charge >= 0.3 is 0 Å². The van der Waals surface area contributed by atoms with E-state index in [-0.39, 0.29) is 11.5 Å². The summed E-state index contributed by atoms with van der Waals surface area (Å²) >= 11 is 5.29. The van der Waals surface area contributed by atoms with Gasteiger partial charge in [0, 0.05) is 6.20 Å². The lowest BCUT2D eigenvalue weighted by molar-refractivity contribution is 0.107. The molecule has 0 unspecified atom stereocenters. The van der Waals surface area contributed by atoms with Crippen molar-refractivity contribution in [1.29, 1.82) is 0 Å². The molecule has 0 bridgehead atoms. The Morgan fingerprint density at radius 3 is 2.75 bits per heavy atom. The summed E-state index contributed by atoms with van der Waals surface area (Å²) in [5.41, 5.74) is 1.62. The summed E-state index contributed by atoms with van der Waals surface area (Å²) in [6, 6.07) is 5.85. The SMILES string of the molecule is Cc1cc(F)ccc1-n1ccc(C(=O)Cl)n1. The molecule has 82 valence electrons. The Labute approximate surface area is 96.5 Å². The molecule has 0 saturated heterocycles. The molecule has 0 N–H and O–H groups in total. The zero-order valence-corrected chi connectivity index (χ0v) is 9.20. The highest BCUT2D eigenvalue weighted by atomic mass is 35.5. The van der Waals surface area contributed by atoms with Crippen molar-refractivity contribution in [1.82, 2.24) is 9.78 Å². The third kappa shape index (κ3) is 1.97. The van der Waals surface area contributed by atoms with Crippen molar-refractivity contribution in [3.8, 4) is 5.69 Å². The van der Waals surface area contributed by atoms with Gasteiger partial charge in [-0.15, -0.1) is 0 Å². The van der Waals surface area contributed by atoms with E-state index >= 15 is 0 Å². The second-order valence-corrected chi connectivity index (χ2v) is 3.69. The third-order valence-corrected chi connectivity index (χ3v) is 2.39. The highest BCUT2D eigenvalue weighted by Crippen LogP contribution is 2.15. The van der Waals surface area contributed by atoms with Crippen molar-refractivity contribution in [2.45, 2.75) is 6.92 Å². The number of rotatable bonds is 2. The maximum absolute atomic E-state index is 12.9. The zero-order valence-electron chi connectivity index (χ0n) is 8.45. The number of carbonyl (C=O) groups is 1. The van der Waals surface area contributed by atoms with Crippen LogP contribution in [0.15, 0.2) is 30.5 Å². The molecule has 0 radical (unpaired) electrons. The molecule has 16 heavy (non-hydrogen) atoms. The lowest BCUT2D eigenvalue weighted by atomic mass is 10.2. The van der Waals surface area contributed by atoms with E-state index in [9.17, 15) is 9.18 Å². The third-order valence-electron chi connectivity index (χ3n) is 2.20. The first-order valence-corrected chi connectivity index (χ1v) is 4.98. The molecule has 1 aromatic carbocycles. The van der Waals surface area contributed by atoms with Crippen LogP contribution < -0.4 is 0 Å². The number of hydrogen-bond acceptors (Lipinski definition) is 2. The maximum atomic E-state index is 12.9. The highest BCUT2D eigenvalue weighted by molar-refractivity contribution is 6.67. The summed E-state index contributed by atoms with van der Waals surface area (Å²) in [6.07, 6.45) is 1.61. The van der Waals surface area contributed by atoms with Gasteiger partial charge in [-0.05, 0) is 48.4 Å². The summed E-state index contributed by atoms with van der Waals surface area (Å²) in [6.45, 7) is 1.77. The van der Waals surface area contributed by atoms with Crippen molar-refractivity contribution < 1.29 is 9.18 Å². The van der Waals surface area contributed by atoms with Crippen molar-refractivity contribution in [3.63, 3.8) is 0 Å². The fourth-order valence-corrected chi connectivity index (χ4v) is 1.54. The van der Waals surface area contributed by atoms with E-state index in [4.69, 9.17) is 11.6 Å². The van der Waals surface area contributed by atoms with Gasteiger partial charge in [0.2, 0.25) is 0 Å². The van der Waals surface area contributed by atoms with Crippen LogP contribution in [0.2, 0.25) is 0 Å². The maximum Gasteiger partial charge on any atom is 0.272 e. The van der Waals surface area contributed by atoms with E-state index in [2.05, 4.69) is 5.10 Å². The molecular formula is C11H8ClFN2O. The van der Waals surface area contributed by atoms with E-state index < -0.39 is 5.24 Å². The van der Waals surface area contributed by atoms with Crippen LogP contribution in [0.25, 0.3) is 5.69 Å². The second kappa shape index (κ2) is 4.06. The Morgan fingerprint density at radius 1 is 1.44 bits per heavy atom. The van der Waals surface area contributed by atoms with Crippen LogP contribution in [0.5, 0.6) is 0 Å². The average molecular weight is 239 g/mol. The van der Waals surface area contributed by atoms with Crippen LogP contribution >= 0.6 is 11.6 Å². The monoisotopic (exact) mass is 238 g/mol. The van der Waals surface area contributed by atoms with Crippen LogP contribution in [0, 0.1) is 12.7 Å². The molecule has 0 aliphatic rings. The number of benzene rings is 1. The number of aromatic nitrogens is 2. The number of nitrogens with zero attached hydrogens (tertiary/aromatic N) is 2. The summed E-state index contributed by atoms with van der Waals surface area (Å²) in [5, 5.41) is 3.37. The average Bonchev–Trinajstić information content (AvgIpc) is 2.66. The predicted molar refractivity (Wildman–Crippen MR) is 58.4 cm³/mol. The molecule has 0 fully saturated rings. The van der Waals surface area contributed by atoms with Gasteiger partial charge in [-0.25, -0.2) is 9.07 Å². The Morgan fingerprint density at radius 2 is 2.19 bits per heavy atom. The topological polar surface area (TPSA) is 34.9 Å². The second-order valence-electron chi connectivity index (χ2n) is 3.35. The largest absolute Gasteiger partial charge is 0.274 e. The lowest BCUT2D eigenvalue weighted by Gasteiger charge is -2.05. The number of carbonyl (C=O) groups excluding carboxylic acids is 1. The van der Waals surface area contributed by atoms with Crippen molar-refractivity contribution in [2.24, 2.45) is 0 Å². The fraction of sp³-hybridized carbons (Fsp3) is 0.0909. The first kappa shape index (κ1) is 10.8. The van der Waals surface area contributed by atoms with E-state index in [0.29, 0.717) is 5.69 Å². The predicted octanol–water partition coefficient (Wildman–Crippen LogP) is 2.70. The Hall–Kier alpha value is -1.68. The van der Waals surface area contributed by atoms with Crippen molar-refractivity contribution >= 4 is 16.8 Å². The van der Waals surface area contributed by atoms with Gasteiger partial charge in [0.15, 0.2) is 0 Å². The molecule has 0 amide bonds. The Kier molecular flexibility index (Phi) is 2.75. The summed E-state index contributed by atoms with van der Waals surface area (Å²) in [7, 11) is 0. The van der Waals surface area contributed by atoms with Gasteiger partial charge in [-0.3, -0.25) is 4.79 Å². The molecule has 5 heteroatoms. The van der Waals surface area contributed by atoms with Gasteiger partial charge < -0.3 is 0 Å². The highest BCUT2D eigenvalue weighted by Gasteiger charge is 2.08. The smallest absolute Gasteiger partial charge is 0.272 e. The molecule has 0 atom stereocenters. The van der Waals surface area contributed by atoms with Gasteiger partial charge in [-0.1, -0.05) is 0 Å². The fourth-order valence-electron chi connectivity index (χ4n) is 1.44. The zero-order chi connectivity index (χ0) is 11.7. The molecule has 0 saturated carbocycles. The standard InChI is InChI=1S/C11H8ClFN2O/c1-7-6-8(13)2-3-10(7)15-5-4-9(14-15)11(12)16/h2-6H,1H3. The molecule has 1 aromatic heterocycles. The van der Waals surface area contributed by atoms with Crippen LogP contribution in [0.1, 0.15) is 16.1 Å². The Bertz CT molecular complexity index is 551. The first-order valence-electron chi connectivity index (χ1n) is 4.60. The molecular weight excluding hydrogens is 231 g/mol. The summed E-state index contributed by atoms with van der Waals surface area (Å²) in [4.78, 5) is 10.9. The van der Waals surface area contributed by atoms with E-state index in [1.807, 2.05) is 0 Å². The van der Waals surface area contributed by atoms with E-state index in [0.717, 1.165) is 5.56 Å². The lowest BCUT2D eigenvalue weighted by Crippen LogP contribution is -2.00. The van der Waals surface area contributed by atoms with E-state index in [1.54, 1.807) is 19.2 Å². The van der Waals surface area contributed by atoms with Crippen molar-refractivity contribution in [3.05, 3.63) is 47.5 Å². The van der Waals surface area contributed by atoms with Crippen LogP contribution in [-0.2, 0) is 0 Å². The number of hydrogen-bond donors (Lipinski definition) is 0. The Balaban J connectivity index is 2.46. The number of halogens is 2.